The zero-order chi connectivity index (χ0) is 21.6. The zero-order valence-corrected chi connectivity index (χ0v) is 16.7. The Kier molecular flexibility index (Phi) is 6.83. The number of hydrogen-bond acceptors (Lipinski definition) is 6. The highest BCUT2D eigenvalue weighted by Crippen LogP contribution is 2.31. The van der Waals surface area contributed by atoms with Crippen molar-refractivity contribution in [1.82, 2.24) is 0 Å². The molecule has 30 heavy (non-hydrogen) atoms. The molecule has 0 amide bonds. The van der Waals surface area contributed by atoms with Crippen LogP contribution in [-0.4, -0.2) is 29.3 Å². The van der Waals surface area contributed by atoms with Gasteiger partial charge in [0.2, 0.25) is 11.2 Å². The van der Waals surface area contributed by atoms with Crippen LogP contribution in [0.2, 0.25) is 0 Å². The van der Waals surface area contributed by atoms with Gasteiger partial charge in [-0.3, -0.25) is 9.35 Å². The van der Waals surface area contributed by atoms with Gasteiger partial charge in [0.25, 0.3) is 10.1 Å². The number of hydrogen-bond donors (Lipinski definition) is 2. The topological polar surface area (TPSA) is 110 Å². The van der Waals surface area contributed by atoms with Gasteiger partial charge in [-0.25, -0.2) is 0 Å². The van der Waals surface area contributed by atoms with Gasteiger partial charge in [-0.15, -0.1) is 0 Å². The molecule has 0 spiro atoms. The van der Waals surface area contributed by atoms with Gasteiger partial charge in [0, 0.05) is 5.56 Å². The van der Waals surface area contributed by atoms with Gasteiger partial charge >= 0.3 is 0 Å². The average molecular weight is 428 g/mol. The Balaban J connectivity index is 1.85. The fraction of sp³-hybridized carbons (Fsp3) is 0.136. The Morgan fingerprint density at radius 1 is 0.800 bits per heavy atom. The van der Waals surface area contributed by atoms with Crippen molar-refractivity contribution in [2.24, 2.45) is 0 Å². The maximum absolute atomic E-state index is 12.2. The molecule has 0 aliphatic carbocycles. The molecule has 0 fully saturated rings. The number of rotatable bonds is 9. The first-order chi connectivity index (χ1) is 14.3. The van der Waals surface area contributed by atoms with Crippen molar-refractivity contribution < 1.29 is 32.3 Å². The van der Waals surface area contributed by atoms with E-state index in [2.05, 4.69) is 0 Å². The monoisotopic (exact) mass is 428 g/mol. The molecule has 0 radical (unpaired) electrons. The normalized spacial score (nSPS) is 12.2. The molecule has 1 atom stereocenters. The second kappa shape index (κ2) is 9.53. The van der Waals surface area contributed by atoms with Crippen LogP contribution in [0.4, 0.5) is 0 Å². The Bertz CT molecular complexity index is 1100. The third kappa shape index (κ3) is 5.66. The minimum atomic E-state index is -4.94. The van der Waals surface area contributed by atoms with Crippen LogP contribution in [0.1, 0.15) is 21.5 Å². The van der Waals surface area contributed by atoms with Gasteiger partial charge in [-0.1, -0.05) is 60.7 Å². The lowest BCUT2D eigenvalue weighted by Gasteiger charge is -2.15. The number of carbonyl (C=O) groups is 1. The summed E-state index contributed by atoms with van der Waals surface area (Å²) in [6, 6.07) is 22.8. The lowest BCUT2D eigenvalue weighted by atomic mass is 10.1. The molecule has 7 nitrogen and oxygen atoms in total. The predicted octanol–water partition coefficient (Wildman–Crippen LogP) is 3.23. The van der Waals surface area contributed by atoms with Gasteiger partial charge in [-0.05, 0) is 29.3 Å². The molecule has 0 saturated heterocycles. The first kappa shape index (κ1) is 21.5. The van der Waals surface area contributed by atoms with Crippen molar-refractivity contribution in [3.8, 4) is 11.5 Å². The van der Waals surface area contributed by atoms with Crippen molar-refractivity contribution >= 4 is 15.9 Å². The maximum atomic E-state index is 12.2. The molecule has 3 aromatic carbocycles. The molecule has 0 bridgehead atoms. The third-order valence-corrected chi connectivity index (χ3v) is 4.99. The van der Waals surface area contributed by atoms with Gasteiger partial charge in [0.1, 0.15) is 13.2 Å². The van der Waals surface area contributed by atoms with Crippen LogP contribution in [0.3, 0.4) is 0 Å². The SMILES string of the molecule is O=C(c1ccc(OCc2ccccc2)c(OCc2ccccc2)c1)C(O)S(=O)(=O)O. The van der Waals surface area contributed by atoms with E-state index in [-0.39, 0.29) is 24.5 Å². The van der Waals surface area contributed by atoms with Crippen LogP contribution < -0.4 is 9.47 Å². The van der Waals surface area contributed by atoms with Crippen molar-refractivity contribution in [1.29, 1.82) is 0 Å². The summed E-state index contributed by atoms with van der Waals surface area (Å²) in [7, 11) is -4.94. The Labute approximate surface area is 174 Å². The molecule has 0 heterocycles. The molecule has 1 unspecified atom stereocenters. The van der Waals surface area contributed by atoms with Crippen LogP contribution in [0, 0.1) is 0 Å². The molecule has 0 saturated carbocycles. The minimum Gasteiger partial charge on any atom is -0.485 e. The highest BCUT2D eigenvalue weighted by Gasteiger charge is 2.29. The number of carbonyl (C=O) groups excluding carboxylic acids is 1. The highest BCUT2D eigenvalue weighted by atomic mass is 32.2. The van der Waals surface area contributed by atoms with Crippen molar-refractivity contribution in [3.05, 3.63) is 95.6 Å². The molecule has 2 N–H and O–H groups in total. The summed E-state index contributed by atoms with van der Waals surface area (Å²) in [4.78, 5) is 12.2. The maximum Gasteiger partial charge on any atom is 0.299 e. The van der Waals surface area contributed by atoms with E-state index in [9.17, 15) is 18.3 Å². The minimum absolute atomic E-state index is 0.143. The molecule has 0 aliphatic heterocycles. The van der Waals surface area contributed by atoms with Gasteiger partial charge < -0.3 is 14.6 Å². The summed E-state index contributed by atoms with van der Waals surface area (Å²) >= 11 is 0. The molecular weight excluding hydrogens is 408 g/mol. The van der Waals surface area contributed by atoms with E-state index in [4.69, 9.17) is 14.0 Å². The van der Waals surface area contributed by atoms with E-state index >= 15 is 0 Å². The predicted molar refractivity (Wildman–Crippen MR) is 110 cm³/mol. The van der Waals surface area contributed by atoms with Crippen LogP contribution in [-0.2, 0) is 23.3 Å². The van der Waals surface area contributed by atoms with Crippen LogP contribution in [0.5, 0.6) is 11.5 Å². The number of ketones is 1. The lowest BCUT2D eigenvalue weighted by molar-refractivity contribution is 0.0848. The summed E-state index contributed by atoms with van der Waals surface area (Å²) in [6.07, 6.45) is 0. The van der Waals surface area contributed by atoms with Crippen molar-refractivity contribution in [2.75, 3.05) is 0 Å². The summed E-state index contributed by atoms with van der Waals surface area (Å²) in [5.74, 6) is -0.632. The molecule has 3 rings (SSSR count). The molecule has 156 valence electrons. The quantitative estimate of drug-likeness (QED) is 0.398. The van der Waals surface area contributed by atoms with Crippen LogP contribution >= 0.6 is 0 Å². The molecule has 0 aliphatic rings. The van der Waals surface area contributed by atoms with E-state index < -0.39 is 21.3 Å². The summed E-state index contributed by atoms with van der Waals surface area (Å²) in [5.41, 5.74) is -0.916. The Morgan fingerprint density at radius 3 is 1.80 bits per heavy atom. The van der Waals surface area contributed by atoms with Crippen molar-refractivity contribution in [2.45, 2.75) is 18.6 Å². The number of ether oxygens (including phenoxy) is 2. The first-order valence-corrected chi connectivity index (χ1v) is 10.5. The van der Waals surface area contributed by atoms with Gasteiger partial charge in [0.05, 0.1) is 0 Å². The number of aliphatic hydroxyl groups is 1. The van der Waals surface area contributed by atoms with Crippen LogP contribution in [0.25, 0.3) is 0 Å². The van der Waals surface area contributed by atoms with Crippen LogP contribution in [0.15, 0.2) is 78.9 Å². The second-order valence-electron chi connectivity index (χ2n) is 6.44. The van der Waals surface area contributed by atoms with Gasteiger partial charge in [0.15, 0.2) is 11.5 Å². The Hall–Kier alpha value is -3.20. The average Bonchev–Trinajstić information content (AvgIpc) is 2.76. The van der Waals surface area contributed by atoms with E-state index in [1.807, 2.05) is 60.7 Å². The molecule has 0 aromatic heterocycles. The lowest BCUT2D eigenvalue weighted by Crippen LogP contribution is -2.29. The smallest absolute Gasteiger partial charge is 0.299 e. The Morgan fingerprint density at radius 2 is 1.30 bits per heavy atom. The zero-order valence-electron chi connectivity index (χ0n) is 15.8. The number of aliphatic hydroxyl groups excluding tert-OH is 1. The fourth-order valence-electron chi connectivity index (χ4n) is 2.64. The highest BCUT2D eigenvalue weighted by molar-refractivity contribution is 7.87. The molecular formula is C22H20O7S. The van der Waals surface area contributed by atoms with E-state index in [0.29, 0.717) is 5.75 Å². The van der Waals surface area contributed by atoms with E-state index in [0.717, 1.165) is 11.1 Å². The fourth-order valence-corrected chi connectivity index (χ4v) is 3.05. The second-order valence-corrected chi connectivity index (χ2v) is 7.92. The summed E-state index contributed by atoms with van der Waals surface area (Å²) in [6.45, 7) is 0.435. The largest absolute Gasteiger partial charge is 0.485 e. The molecule has 3 aromatic rings. The van der Waals surface area contributed by atoms with E-state index in [1.54, 1.807) is 0 Å². The first-order valence-electron chi connectivity index (χ1n) is 9.00. The number of Topliss-reactive ketones (excluding diaryl/α,β-unsaturated/α-hetero) is 1. The summed E-state index contributed by atoms with van der Waals surface area (Å²) in [5, 5.41) is 9.57. The van der Waals surface area contributed by atoms with Gasteiger partial charge in [-0.2, -0.15) is 8.42 Å². The molecule has 8 heteroatoms. The standard InChI is InChI=1S/C22H20O7S/c23-21(22(24)30(25,26)27)18-11-12-19(28-14-16-7-3-1-4-8-16)20(13-18)29-15-17-9-5-2-6-10-17/h1-13,22,24H,14-15H2,(H,25,26,27). The van der Waals surface area contributed by atoms with Crippen molar-refractivity contribution in [3.63, 3.8) is 0 Å². The van der Waals surface area contributed by atoms with E-state index in [1.165, 1.54) is 18.2 Å². The summed E-state index contributed by atoms with van der Waals surface area (Å²) < 4.78 is 42.7. The third-order valence-electron chi connectivity index (χ3n) is 4.21. The number of benzene rings is 3.